The van der Waals surface area contributed by atoms with Crippen LogP contribution in [0.2, 0.25) is 0 Å². The van der Waals surface area contributed by atoms with Crippen molar-refractivity contribution >= 4 is 5.91 Å². The van der Waals surface area contributed by atoms with Gasteiger partial charge >= 0.3 is 0 Å². The van der Waals surface area contributed by atoms with Gasteiger partial charge in [0.25, 0.3) is 0 Å². The number of likely N-dealkylation sites (tertiary alicyclic amines) is 1. The molecule has 1 aliphatic rings. The lowest BCUT2D eigenvalue weighted by Gasteiger charge is -2.22. The van der Waals surface area contributed by atoms with Crippen molar-refractivity contribution in [3.8, 4) is 17.1 Å². The molecule has 0 aliphatic carbocycles. The van der Waals surface area contributed by atoms with E-state index >= 15 is 0 Å². The summed E-state index contributed by atoms with van der Waals surface area (Å²) in [5, 5.41) is 4.09. The minimum Gasteiger partial charge on any atom is -0.491 e. The average Bonchev–Trinajstić information content (AvgIpc) is 3.31. The lowest BCUT2D eigenvalue weighted by molar-refractivity contribution is -0.129. The predicted octanol–water partition coefficient (Wildman–Crippen LogP) is 4.53. The third-order valence-corrected chi connectivity index (χ3v) is 4.81. The minimum atomic E-state index is -0.301. The summed E-state index contributed by atoms with van der Waals surface area (Å²) in [5.74, 6) is 1.38. The summed E-state index contributed by atoms with van der Waals surface area (Å²) in [7, 11) is 0. The van der Waals surface area contributed by atoms with Gasteiger partial charge in [-0.2, -0.15) is 4.98 Å². The zero-order chi connectivity index (χ0) is 20.4. The van der Waals surface area contributed by atoms with Crippen molar-refractivity contribution < 1.29 is 18.4 Å². The van der Waals surface area contributed by atoms with Gasteiger partial charge in [-0.1, -0.05) is 17.3 Å². The van der Waals surface area contributed by atoms with Gasteiger partial charge in [0, 0.05) is 18.5 Å². The van der Waals surface area contributed by atoms with E-state index in [1.165, 1.54) is 12.1 Å². The van der Waals surface area contributed by atoms with Crippen molar-refractivity contribution in [1.29, 1.82) is 0 Å². The number of ether oxygens (including phenoxy) is 1. The summed E-state index contributed by atoms with van der Waals surface area (Å²) in [6.45, 7) is 4.32. The summed E-state index contributed by atoms with van der Waals surface area (Å²) in [5.41, 5.74) is 1.66. The molecule has 29 heavy (non-hydrogen) atoms. The van der Waals surface area contributed by atoms with Crippen molar-refractivity contribution in [2.75, 3.05) is 0 Å². The highest BCUT2D eigenvalue weighted by Crippen LogP contribution is 2.34. The summed E-state index contributed by atoms with van der Waals surface area (Å²) >= 11 is 0. The molecule has 1 atom stereocenters. The molecule has 3 aromatic rings. The number of halogens is 1. The lowest BCUT2D eigenvalue weighted by Crippen LogP contribution is -2.27. The summed E-state index contributed by atoms with van der Waals surface area (Å²) in [4.78, 5) is 18.6. The molecule has 6 nitrogen and oxygen atoms in total. The molecule has 1 saturated heterocycles. The zero-order valence-corrected chi connectivity index (χ0v) is 16.3. The summed E-state index contributed by atoms with van der Waals surface area (Å²) in [6.07, 6.45) is 1.14. The van der Waals surface area contributed by atoms with Crippen LogP contribution in [0.1, 0.15) is 44.2 Å². The Kier molecular flexibility index (Phi) is 5.29. The maximum Gasteiger partial charge on any atom is 0.249 e. The number of nitrogens with zero attached hydrogens (tertiary/aromatic N) is 3. The molecule has 2 heterocycles. The Morgan fingerprint density at radius 1 is 1.17 bits per heavy atom. The van der Waals surface area contributed by atoms with Crippen LogP contribution in [0.4, 0.5) is 4.39 Å². The van der Waals surface area contributed by atoms with E-state index in [9.17, 15) is 9.18 Å². The van der Waals surface area contributed by atoms with E-state index in [1.807, 2.05) is 38.1 Å². The average molecular weight is 395 g/mol. The topological polar surface area (TPSA) is 68.5 Å². The van der Waals surface area contributed by atoms with Crippen molar-refractivity contribution in [2.45, 2.75) is 45.4 Å². The quantitative estimate of drug-likeness (QED) is 0.614. The number of hydrogen-bond acceptors (Lipinski definition) is 5. The second kappa shape index (κ2) is 8.03. The van der Waals surface area contributed by atoms with E-state index in [1.54, 1.807) is 17.0 Å². The first kappa shape index (κ1) is 19.1. The molecule has 1 aliphatic heterocycles. The fraction of sp³-hybridized carbons (Fsp3) is 0.318. The highest BCUT2D eigenvalue weighted by Gasteiger charge is 2.36. The van der Waals surface area contributed by atoms with Gasteiger partial charge in [0.2, 0.25) is 17.6 Å². The number of carbonyl (C=O) groups excluding carboxylic acids is 1. The number of benzene rings is 2. The Bertz CT molecular complexity index is 983. The van der Waals surface area contributed by atoms with Gasteiger partial charge in [0.15, 0.2) is 0 Å². The highest BCUT2D eigenvalue weighted by atomic mass is 19.1. The molecule has 1 aromatic heterocycles. The first-order valence-corrected chi connectivity index (χ1v) is 9.64. The third-order valence-electron chi connectivity index (χ3n) is 4.81. The Labute approximate surface area is 168 Å². The van der Waals surface area contributed by atoms with Crippen LogP contribution in [0.3, 0.4) is 0 Å². The molecule has 1 amide bonds. The molecule has 1 unspecified atom stereocenters. The van der Waals surface area contributed by atoms with Crippen molar-refractivity contribution in [1.82, 2.24) is 15.0 Å². The molecule has 0 spiro atoms. The minimum absolute atomic E-state index is 0.0225. The molecule has 2 aromatic carbocycles. The van der Waals surface area contributed by atoms with E-state index in [-0.39, 0.29) is 23.9 Å². The van der Waals surface area contributed by atoms with Crippen LogP contribution >= 0.6 is 0 Å². The molecule has 150 valence electrons. The third kappa shape index (κ3) is 4.29. The predicted molar refractivity (Wildman–Crippen MR) is 104 cm³/mol. The maximum atomic E-state index is 13.1. The van der Waals surface area contributed by atoms with Crippen LogP contribution in [0, 0.1) is 5.82 Å². The van der Waals surface area contributed by atoms with Gasteiger partial charge in [-0.05, 0) is 62.2 Å². The maximum absolute atomic E-state index is 13.1. The number of carbonyl (C=O) groups is 1. The van der Waals surface area contributed by atoms with Crippen molar-refractivity contribution in [3.05, 3.63) is 65.8 Å². The van der Waals surface area contributed by atoms with Crippen LogP contribution in [-0.4, -0.2) is 27.1 Å². The number of rotatable bonds is 6. The van der Waals surface area contributed by atoms with E-state index in [0.29, 0.717) is 31.1 Å². The number of amides is 1. The Morgan fingerprint density at radius 3 is 2.59 bits per heavy atom. The van der Waals surface area contributed by atoms with Gasteiger partial charge < -0.3 is 14.2 Å². The van der Waals surface area contributed by atoms with Crippen LogP contribution < -0.4 is 4.74 Å². The monoisotopic (exact) mass is 395 g/mol. The summed E-state index contributed by atoms with van der Waals surface area (Å²) < 4.78 is 24.3. The molecule has 0 N–H and O–H groups in total. The lowest BCUT2D eigenvalue weighted by atomic mass is 10.1. The van der Waals surface area contributed by atoms with Crippen LogP contribution in [0.25, 0.3) is 11.4 Å². The van der Waals surface area contributed by atoms with E-state index in [0.717, 1.165) is 16.9 Å². The molecule has 4 rings (SSSR count). The first-order valence-electron chi connectivity index (χ1n) is 9.64. The van der Waals surface area contributed by atoms with Crippen LogP contribution in [0.5, 0.6) is 5.75 Å². The zero-order valence-electron chi connectivity index (χ0n) is 16.3. The fourth-order valence-corrected chi connectivity index (χ4v) is 3.42. The van der Waals surface area contributed by atoms with E-state index < -0.39 is 0 Å². The molecule has 0 saturated carbocycles. The van der Waals surface area contributed by atoms with E-state index in [4.69, 9.17) is 9.26 Å². The molecule has 7 heteroatoms. The Morgan fingerprint density at radius 2 is 1.90 bits per heavy atom. The van der Waals surface area contributed by atoms with Crippen molar-refractivity contribution in [2.24, 2.45) is 0 Å². The molecular weight excluding hydrogens is 373 g/mol. The standard InChI is InChI=1S/C22H22FN3O3/c1-14(2)28-18-9-5-16(6-10-18)21-24-22(29-25-21)19-11-12-20(27)26(19)13-15-3-7-17(23)8-4-15/h3-10,14,19H,11-13H2,1-2H3. The largest absolute Gasteiger partial charge is 0.491 e. The molecule has 0 bridgehead atoms. The number of hydrogen-bond donors (Lipinski definition) is 0. The highest BCUT2D eigenvalue weighted by molar-refractivity contribution is 5.78. The summed E-state index contributed by atoms with van der Waals surface area (Å²) in [6, 6.07) is 13.3. The van der Waals surface area contributed by atoms with E-state index in [2.05, 4.69) is 10.1 Å². The van der Waals surface area contributed by atoms with Crippen LogP contribution in [0.15, 0.2) is 53.1 Å². The van der Waals surface area contributed by atoms with Gasteiger partial charge in [0.05, 0.1) is 6.10 Å². The van der Waals surface area contributed by atoms with Crippen molar-refractivity contribution in [3.63, 3.8) is 0 Å². The second-order valence-electron chi connectivity index (χ2n) is 7.35. The molecule has 0 radical (unpaired) electrons. The molecular formula is C22H22FN3O3. The second-order valence-corrected chi connectivity index (χ2v) is 7.35. The first-order chi connectivity index (χ1) is 14.0. The Balaban J connectivity index is 1.51. The number of aromatic nitrogens is 2. The molecule has 1 fully saturated rings. The van der Waals surface area contributed by atoms with Gasteiger partial charge in [-0.15, -0.1) is 0 Å². The fourth-order valence-electron chi connectivity index (χ4n) is 3.42. The van der Waals surface area contributed by atoms with Gasteiger partial charge in [-0.25, -0.2) is 4.39 Å². The van der Waals surface area contributed by atoms with Crippen LogP contribution in [-0.2, 0) is 11.3 Å². The Hall–Kier alpha value is -3.22. The van der Waals surface area contributed by atoms with Gasteiger partial charge in [0.1, 0.15) is 17.6 Å². The van der Waals surface area contributed by atoms with Gasteiger partial charge in [-0.3, -0.25) is 4.79 Å². The SMILES string of the molecule is CC(C)Oc1ccc(-c2noc(C3CCC(=O)N3Cc3ccc(F)cc3)n2)cc1. The smallest absolute Gasteiger partial charge is 0.249 e. The normalized spacial score (nSPS) is 16.6.